The van der Waals surface area contributed by atoms with Crippen molar-refractivity contribution in [2.75, 3.05) is 6.54 Å². The monoisotopic (exact) mass is 156 g/mol. The molecule has 1 aliphatic heterocycles. The van der Waals surface area contributed by atoms with Gasteiger partial charge < -0.3 is 10.2 Å². The molecule has 1 saturated heterocycles. The molecular weight excluding hydrogens is 148 g/mol. The van der Waals surface area contributed by atoms with Crippen molar-refractivity contribution in [3.8, 4) is 6.19 Å². The van der Waals surface area contributed by atoms with Crippen molar-refractivity contribution in [3.63, 3.8) is 0 Å². The average molecular weight is 156 g/mol. The maximum Gasteiger partial charge on any atom is 0.327 e. The maximum absolute atomic E-state index is 10.4. The van der Waals surface area contributed by atoms with Gasteiger partial charge in [0.1, 0.15) is 6.04 Å². The maximum atomic E-state index is 10.4. The highest BCUT2D eigenvalue weighted by Crippen LogP contribution is 2.16. The number of nitrogens with zero attached hydrogens (tertiary/aromatic N) is 2. The van der Waals surface area contributed by atoms with E-state index < -0.39 is 18.1 Å². The number of nitriles is 1. The van der Waals surface area contributed by atoms with Gasteiger partial charge in [-0.05, 0) is 0 Å². The van der Waals surface area contributed by atoms with Gasteiger partial charge in [-0.3, -0.25) is 4.90 Å². The largest absolute Gasteiger partial charge is 0.480 e. The van der Waals surface area contributed by atoms with Gasteiger partial charge in [-0.2, -0.15) is 5.26 Å². The first-order chi connectivity index (χ1) is 5.15. The lowest BCUT2D eigenvalue weighted by Crippen LogP contribution is -2.31. The van der Waals surface area contributed by atoms with E-state index in [0.29, 0.717) is 0 Å². The van der Waals surface area contributed by atoms with E-state index in [1.165, 1.54) is 0 Å². The van der Waals surface area contributed by atoms with Crippen LogP contribution in [0.5, 0.6) is 0 Å². The van der Waals surface area contributed by atoms with E-state index in [9.17, 15) is 4.79 Å². The smallest absolute Gasteiger partial charge is 0.327 e. The van der Waals surface area contributed by atoms with Crippen molar-refractivity contribution >= 4 is 5.97 Å². The van der Waals surface area contributed by atoms with Crippen LogP contribution in [0.3, 0.4) is 0 Å². The van der Waals surface area contributed by atoms with Gasteiger partial charge in [0, 0.05) is 6.42 Å². The highest BCUT2D eigenvalue weighted by Gasteiger charge is 2.35. The summed E-state index contributed by atoms with van der Waals surface area (Å²) < 4.78 is 0. The summed E-state index contributed by atoms with van der Waals surface area (Å²) in [5.41, 5.74) is 0. The average Bonchev–Trinajstić information content (AvgIpc) is 2.30. The number of likely N-dealkylation sites (tertiary alicyclic amines) is 1. The standard InChI is InChI=1S/C6H8N2O3/c7-3-8-2-4(9)1-5(8)6(10)11/h4-5,9H,1-2H2,(H,10,11). The molecule has 2 atom stereocenters. The molecule has 5 heteroatoms. The van der Waals surface area contributed by atoms with E-state index in [1.54, 1.807) is 6.19 Å². The minimum atomic E-state index is -1.05. The number of carbonyl (C=O) groups is 1. The molecule has 2 unspecified atom stereocenters. The van der Waals surface area contributed by atoms with Crippen molar-refractivity contribution in [1.29, 1.82) is 5.26 Å². The van der Waals surface area contributed by atoms with E-state index in [2.05, 4.69) is 0 Å². The summed E-state index contributed by atoms with van der Waals surface area (Å²) in [6, 6.07) is -0.838. The molecule has 2 N–H and O–H groups in total. The summed E-state index contributed by atoms with van der Waals surface area (Å²) in [5.74, 6) is -1.05. The molecule has 5 nitrogen and oxygen atoms in total. The van der Waals surface area contributed by atoms with Crippen LogP contribution < -0.4 is 0 Å². The number of β-amino-alcohol motifs (C(OH)–C–C–N with tert-alkyl or cyclic N) is 1. The Kier molecular flexibility index (Phi) is 1.96. The Labute approximate surface area is 63.5 Å². The Morgan fingerprint density at radius 2 is 2.36 bits per heavy atom. The van der Waals surface area contributed by atoms with E-state index >= 15 is 0 Å². The molecule has 0 aromatic rings. The van der Waals surface area contributed by atoms with Gasteiger partial charge in [0.25, 0.3) is 0 Å². The number of aliphatic hydroxyl groups is 1. The molecule has 0 radical (unpaired) electrons. The van der Waals surface area contributed by atoms with Crippen LogP contribution in [0, 0.1) is 11.5 Å². The van der Waals surface area contributed by atoms with E-state index in [1.807, 2.05) is 0 Å². The molecule has 0 amide bonds. The molecule has 0 aliphatic carbocycles. The Morgan fingerprint density at radius 3 is 2.73 bits per heavy atom. The fourth-order valence-corrected chi connectivity index (χ4v) is 1.16. The summed E-state index contributed by atoms with van der Waals surface area (Å²) in [6.07, 6.45) is 1.18. The minimum Gasteiger partial charge on any atom is -0.480 e. The molecule has 1 rings (SSSR count). The quantitative estimate of drug-likeness (QED) is 0.475. The van der Waals surface area contributed by atoms with E-state index in [-0.39, 0.29) is 13.0 Å². The predicted molar refractivity (Wildman–Crippen MR) is 34.4 cm³/mol. The van der Waals surface area contributed by atoms with Gasteiger partial charge in [0.05, 0.1) is 12.6 Å². The highest BCUT2D eigenvalue weighted by atomic mass is 16.4. The molecule has 1 aliphatic rings. The number of aliphatic carboxylic acids is 1. The van der Waals surface area contributed by atoms with E-state index in [0.717, 1.165) is 4.90 Å². The third-order valence-electron chi connectivity index (χ3n) is 1.69. The van der Waals surface area contributed by atoms with Crippen LogP contribution in [0.25, 0.3) is 0 Å². The predicted octanol–water partition coefficient (Wildman–Crippen LogP) is -1.01. The molecule has 60 valence electrons. The Morgan fingerprint density at radius 1 is 1.73 bits per heavy atom. The van der Waals surface area contributed by atoms with Gasteiger partial charge in [-0.25, -0.2) is 4.79 Å². The SMILES string of the molecule is N#CN1CC(O)CC1C(=O)O. The van der Waals surface area contributed by atoms with Gasteiger partial charge in [-0.1, -0.05) is 0 Å². The number of hydrogen-bond donors (Lipinski definition) is 2. The van der Waals surface area contributed by atoms with Crippen LogP contribution in [0.2, 0.25) is 0 Å². The van der Waals surface area contributed by atoms with Crippen LogP contribution >= 0.6 is 0 Å². The first-order valence-electron chi connectivity index (χ1n) is 3.22. The molecule has 1 fully saturated rings. The van der Waals surface area contributed by atoms with Crippen LogP contribution in [0.1, 0.15) is 6.42 Å². The Hall–Kier alpha value is -1.28. The van der Waals surface area contributed by atoms with Crippen molar-refractivity contribution in [3.05, 3.63) is 0 Å². The second kappa shape index (κ2) is 2.76. The van der Waals surface area contributed by atoms with Gasteiger partial charge in [0.15, 0.2) is 6.19 Å². The Bertz CT molecular complexity index is 210. The number of aliphatic hydroxyl groups excluding tert-OH is 1. The number of rotatable bonds is 1. The molecule has 11 heavy (non-hydrogen) atoms. The fourth-order valence-electron chi connectivity index (χ4n) is 1.16. The van der Waals surface area contributed by atoms with Crippen LogP contribution in [0.15, 0.2) is 0 Å². The van der Waals surface area contributed by atoms with E-state index in [4.69, 9.17) is 15.5 Å². The van der Waals surface area contributed by atoms with Gasteiger partial charge >= 0.3 is 5.97 Å². The summed E-state index contributed by atoms with van der Waals surface area (Å²) >= 11 is 0. The van der Waals surface area contributed by atoms with Gasteiger partial charge in [-0.15, -0.1) is 0 Å². The summed E-state index contributed by atoms with van der Waals surface area (Å²) in [4.78, 5) is 11.5. The van der Waals surface area contributed by atoms with Crippen LogP contribution in [-0.2, 0) is 4.79 Å². The van der Waals surface area contributed by atoms with Crippen molar-refractivity contribution < 1.29 is 15.0 Å². The highest BCUT2D eigenvalue weighted by molar-refractivity contribution is 5.74. The van der Waals surface area contributed by atoms with Crippen molar-refractivity contribution in [1.82, 2.24) is 4.90 Å². The zero-order valence-electron chi connectivity index (χ0n) is 5.77. The normalized spacial score (nSPS) is 30.0. The van der Waals surface area contributed by atoms with Gasteiger partial charge in [0.2, 0.25) is 0 Å². The molecule has 0 saturated carbocycles. The molecular formula is C6H8N2O3. The topological polar surface area (TPSA) is 84.6 Å². The van der Waals surface area contributed by atoms with Crippen molar-refractivity contribution in [2.45, 2.75) is 18.6 Å². The first kappa shape index (κ1) is 7.82. The van der Waals surface area contributed by atoms with Crippen molar-refractivity contribution in [2.24, 2.45) is 0 Å². The zero-order valence-corrected chi connectivity index (χ0v) is 5.77. The number of carboxylic acids is 1. The zero-order chi connectivity index (χ0) is 8.43. The summed E-state index contributed by atoms with van der Waals surface area (Å²) in [7, 11) is 0. The first-order valence-corrected chi connectivity index (χ1v) is 3.22. The lowest BCUT2D eigenvalue weighted by molar-refractivity contribution is -0.141. The number of carboxylic acid groups (broad SMARTS) is 1. The Balaban J connectivity index is 2.67. The third-order valence-corrected chi connectivity index (χ3v) is 1.69. The molecule has 0 bridgehead atoms. The lowest BCUT2D eigenvalue weighted by Gasteiger charge is -2.11. The lowest BCUT2D eigenvalue weighted by atomic mass is 10.2. The number of hydrogen-bond acceptors (Lipinski definition) is 4. The van der Waals surface area contributed by atoms with Crippen LogP contribution in [-0.4, -0.2) is 39.8 Å². The minimum absolute atomic E-state index is 0.132. The molecule has 0 spiro atoms. The molecule has 1 heterocycles. The fraction of sp³-hybridized carbons (Fsp3) is 0.667. The molecule has 0 aromatic carbocycles. The summed E-state index contributed by atoms with van der Waals surface area (Å²) in [6.45, 7) is 0.132. The summed E-state index contributed by atoms with van der Waals surface area (Å²) in [5, 5.41) is 25.9. The second-order valence-electron chi connectivity index (χ2n) is 2.50. The second-order valence-corrected chi connectivity index (χ2v) is 2.50. The van der Waals surface area contributed by atoms with Crippen LogP contribution in [0.4, 0.5) is 0 Å². The molecule has 0 aromatic heterocycles. The third kappa shape index (κ3) is 1.41.